The lowest BCUT2D eigenvalue weighted by molar-refractivity contribution is 0.537. The number of hydrogen-bond acceptors (Lipinski definition) is 1. The van der Waals surface area contributed by atoms with Gasteiger partial charge in [-0.2, -0.15) is 12.6 Å². The van der Waals surface area contributed by atoms with Gasteiger partial charge in [-0.05, 0) is 47.6 Å². The van der Waals surface area contributed by atoms with Gasteiger partial charge in [-0.25, -0.2) is 0 Å². The van der Waals surface area contributed by atoms with Crippen molar-refractivity contribution in [1.82, 2.24) is 0 Å². The molecule has 0 saturated carbocycles. The van der Waals surface area contributed by atoms with E-state index in [0.29, 0.717) is 10.5 Å². The quantitative estimate of drug-likeness (QED) is 0.177. The molecule has 0 unspecified atom stereocenters. The van der Waals surface area contributed by atoms with Crippen molar-refractivity contribution in [1.29, 1.82) is 0 Å². The van der Waals surface area contributed by atoms with E-state index in [2.05, 4.69) is 35.5 Å². The maximum absolute atomic E-state index is 4.25. The van der Waals surface area contributed by atoms with Gasteiger partial charge >= 0.3 is 0 Å². The van der Waals surface area contributed by atoms with Crippen LogP contribution in [0.3, 0.4) is 0 Å². The predicted octanol–water partition coefficient (Wildman–Crippen LogP) is 7.83. The molecule has 0 bridgehead atoms. The lowest BCUT2D eigenvalue weighted by atomic mass is 10.0. The highest BCUT2D eigenvalue weighted by atomic mass is 32.2. The Morgan fingerprint density at radius 2 is 0.864 bits per heavy atom. The summed E-state index contributed by atoms with van der Waals surface area (Å²) in [6.45, 7) is 0. The van der Waals surface area contributed by atoms with Crippen LogP contribution in [-0.4, -0.2) is 5.75 Å². The van der Waals surface area contributed by atoms with Crippen LogP contribution in [0.25, 0.3) is 0 Å². The first-order valence-electron chi connectivity index (χ1n) is 9.58. The summed E-state index contributed by atoms with van der Waals surface area (Å²) in [6, 6.07) is 4.40. The third kappa shape index (κ3) is 12.6. The van der Waals surface area contributed by atoms with E-state index >= 15 is 0 Å². The van der Waals surface area contributed by atoms with Crippen LogP contribution in [0.1, 0.15) is 89.9 Å². The summed E-state index contributed by atoms with van der Waals surface area (Å²) in [5.41, 5.74) is 0. The van der Waals surface area contributed by atoms with Gasteiger partial charge in [0.2, 0.25) is 0 Å². The largest absolute Gasteiger partial charge is 0.179 e. The van der Waals surface area contributed by atoms with E-state index in [1.165, 1.54) is 95.6 Å². The summed E-state index contributed by atoms with van der Waals surface area (Å²) in [4.78, 5) is 0. The standard InChI is InChI=1S/C20H36S2/c21-17-13-11-9-7-5-3-1-2-4-6-8-10-12-14-18-22-19-15-16-20-22/h15-16,19-20H,1-14,17-18H2/p+1. The van der Waals surface area contributed by atoms with Crippen molar-refractivity contribution in [2.45, 2.75) is 95.6 Å². The second kappa shape index (κ2) is 15.9. The minimum absolute atomic E-state index is 0.491. The molecule has 0 saturated heterocycles. The molecule has 0 radical (unpaired) electrons. The Morgan fingerprint density at radius 1 is 0.500 bits per heavy atom. The highest BCUT2D eigenvalue weighted by Gasteiger charge is 2.00. The average molecular weight is 342 g/mol. The molecule has 1 rings (SSSR count). The maximum atomic E-state index is 4.25. The molecule has 22 heavy (non-hydrogen) atoms. The molecular formula is C20H37S2+. The summed E-state index contributed by atoms with van der Waals surface area (Å²) in [5, 5.41) is 4.72. The molecular weight excluding hydrogens is 304 g/mol. The number of thiol groups is 1. The SMILES string of the molecule is SCCCCCCCCCCCCCCCC[s+]1cccc1. The Hall–Kier alpha value is 0.0500. The molecule has 2 heteroatoms. The van der Waals surface area contributed by atoms with Gasteiger partial charge in [-0.1, -0.05) is 70.6 Å². The van der Waals surface area contributed by atoms with Crippen molar-refractivity contribution < 1.29 is 0 Å². The third-order valence-electron chi connectivity index (χ3n) is 4.41. The van der Waals surface area contributed by atoms with Crippen molar-refractivity contribution in [3.63, 3.8) is 0 Å². The number of unbranched alkanes of at least 4 members (excludes halogenated alkanes) is 13. The van der Waals surface area contributed by atoms with Gasteiger partial charge in [0.25, 0.3) is 0 Å². The Morgan fingerprint density at radius 3 is 1.27 bits per heavy atom. The predicted molar refractivity (Wildman–Crippen MR) is 107 cm³/mol. The molecule has 0 aliphatic heterocycles. The van der Waals surface area contributed by atoms with Gasteiger partial charge in [-0.3, -0.25) is 0 Å². The van der Waals surface area contributed by atoms with Crippen LogP contribution in [0.2, 0.25) is 0 Å². The van der Waals surface area contributed by atoms with Crippen molar-refractivity contribution in [3.05, 3.63) is 22.9 Å². The molecule has 0 spiro atoms. The molecule has 1 heterocycles. The monoisotopic (exact) mass is 341 g/mol. The molecule has 1 aromatic heterocycles. The van der Waals surface area contributed by atoms with Crippen molar-refractivity contribution in [2.24, 2.45) is 0 Å². The lowest BCUT2D eigenvalue weighted by Gasteiger charge is -2.02. The molecule has 0 aliphatic rings. The first kappa shape index (κ1) is 20.1. The minimum Gasteiger partial charge on any atom is -0.179 e. The van der Waals surface area contributed by atoms with E-state index in [9.17, 15) is 0 Å². The van der Waals surface area contributed by atoms with Crippen LogP contribution >= 0.6 is 23.1 Å². The minimum atomic E-state index is 0.491. The van der Waals surface area contributed by atoms with Gasteiger partial charge in [0.15, 0.2) is 0 Å². The molecule has 1 aromatic rings. The summed E-state index contributed by atoms with van der Waals surface area (Å²) < 4.78 is 0. The zero-order valence-corrected chi connectivity index (χ0v) is 16.2. The Balaban J connectivity index is 1.68. The van der Waals surface area contributed by atoms with Crippen LogP contribution in [0.15, 0.2) is 22.9 Å². The summed E-state index contributed by atoms with van der Waals surface area (Å²) in [5.74, 6) is 2.45. The Kier molecular flexibility index (Phi) is 14.5. The van der Waals surface area contributed by atoms with Gasteiger partial charge in [0.05, 0.1) is 0 Å². The zero-order valence-electron chi connectivity index (χ0n) is 14.5. The normalized spacial score (nSPS) is 11.1. The van der Waals surface area contributed by atoms with Crippen LogP contribution in [0.4, 0.5) is 0 Å². The zero-order chi connectivity index (χ0) is 15.7. The summed E-state index contributed by atoms with van der Waals surface area (Å²) in [6.07, 6.45) is 20.1. The number of thiophene rings is 1. The molecule has 0 nitrogen and oxygen atoms in total. The van der Waals surface area contributed by atoms with Crippen molar-refractivity contribution in [2.75, 3.05) is 5.75 Å². The van der Waals surface area contributed by atoms with E-state index in [1.54, 1.807) is 0 Å². The van der Waals surface area contributed by atoms with E-state index < -0.39 is 0 Å². The lowest BCUT2D eigenvalue weighted by Crippen LogP contribution is -1.84. The Bertz CT molecular complexity index is 306. The van der Waals surface area contributed by atoms with Crippen molar-refractivity contribution >= 4 is 23.1 Å². The number of hydrogen-bond donors (Lipinski definition) is 1. The van der Waals surface area contributed by atoms with E-state index in [4.69, 9.17) is 0 Å². The molecule has 0 aliphatic carbocycles. The van der Waals surface area contributed by atoms with Crippen molar-refractivity contribution in [3.8, 4) is 0 Å². The molecule has 0 N–H and O–H groups in total. The molecule has 0 atom stereocenters. The van der Waals surface area contributed by atoms with Crippen LogP contribution in [0.5, 0.6) is 0 Å². The van der Waals surface area contributed by atoms with Gasteiger partial charge in [0.1, 0.15) is 16.5 Å². The number of rotatable bonds is 16. The summed E-state index contributed by atoms with van der Waals surface area (Å²) >= 11 is 4.25. The second-order valence-electron chi connectivity index (χ2n) is 6.50. The van der Waals surface area contributed by atoms with Crippen LogP contribution < -0.4 is 0 Å². The van der Waals surface area contributed by atoms with Gasteiger partial charge in [-0.15, -0.1) is 0 Å². The van der Waals surface area contributed by atoms with Gasteiger partial charge in [0, 0.05) is 0 Å². The van der Waals surface area contributed by atoms with Crippen LogP contribution in [-0.2, 0) is 5.75 Å². The second-order valence-corrected chi connectivity index (χ2v) is 8.84. The average Bonchev–Trinajstić information content (AvgIpc) is 3.04. The molecule has 0 amide bonds. The van der Waals surface area contributed by atoms with E-state index in [1.807, 2.05) is 0 Å². The summed E-state index contributed by atoms with van der Waals surface area (Å²) in [7, 11) is 0.491. The molecule has 0 fully saturated rings. The smallest absolute Gasteiger partial charge is 0.137 e. The molecule has 0 aromatic carbocycles. The highest BCUT2D eigenvalue weighted by molar-refractivity contribution is 7.80. The number of aryl methyl sites for hydroxylation is 1. The van der Waals surface area contributed by atoms with Gasteiger partial charge < -0.3 is 0 Å². The van der Waals surface area contributed by atoms with Crippen LogP contribution in [0, 0.1) is 0 Å². The first-order chi connectivity index (χ1) is 10.9. The fourth-order valence-electron chi connectivity index (χ4n) is 2.98. The topological polar surface area (TPSA) is 0 Å². The third-order valence-corrected chi connectivity index (χ3v) is 6.50. The Labute approximate surface area is 147 Å². The fourth-order valence-corrected chi connectivity index (χ4v) is 4.68. The van der Waals surface area contributed by atoms with E-state index in [0.717, 1.165) is 5.75 Å². The molecule has 128 valence electrons. The fraction of sp³-hybridized carbons (Fsp3) is 0.800. The highest BCUT2D eigenvalue weighted by Crippen LogP contribution is 2.21. The van der Waals surface area contributed by atoms with E-state index in [-0.39, 0.29) is 0 Å². The first-order valence-corrected chi connectivity index (χ1v) is 11.7. The maximum Gasteiger partial charge on any atom is 0.137 e.